The summed E-state index contributed by atoms with van der Waals surface area (Å²) in [6.07, 6.45) is 0. The van der Waals surface area contributed by atoms with Crippen molar-refractivity contribution in [3.05, 3.63) is 48.0 Å². The van der Waals surface area contributed by atoms with E-state index in [2.05, 4.69) is 10.2 Å². The molecular formula is C23H31N3O5S. The van der Waals surface area contributed by atoms with Crippen LogP contribution in [-0.4, -0.2) is 64.6 Å². The van der Waals surface area contributed by atoms with E-state index >= 15 is 0 Å². The summed E-state index contributed by atoms with van der Waals surface area (Å²) in [5.41, 5.74) is 1.92. The van der Waals surface area contributed by atoms with Crippen LogP contribution in [0.25, 0.3) is 0 Å². The molecule has 1 amide bonds. The van der Waals surface area contributed by atoms with Gasteiger partial charge in [-0.1, -0.05) is 13.8 Å². The third kappa shape index (κ3) is 5.40. The van der Waals surface area contributed by atoms with Gasteiger partial charge >= 0.3 is 0 Å². The van der Waals surface area contributed by atoms with Crippen molar-refractivity contribution in [3.8, 4) is 5.75 Å². The minimum absolute atomic E-state index is 0.0449. The van der Waals surface area contributed by atoms with Crippen molar-refractivity contribution in [1.29, 1.82) is 0 Å². The summed E-state index contributed by atoms with van der Waals surface area (Å²) < 4.78 is 38.5. The minimum Gasteiger partial charge on any atom is -0.492 e. The number of hydrogen-bond donors (Lipinski definition) is 1. The summed E-state index contributed by atoms with van der Waals surface area (Å²) in [4.78, 5) is 15.0. The van der Waals surface area contributed by atoms with Crippen LogP contribution in [0.2, 0.25) is 0 Å². The molecule has 0 bridgehead atoms. The van der Waals surface area contributed by atoms with Crippen LogP contribution in [0, 0.1) is 0 Å². The van der Waals surface area contributed by atoms with Crippen molar-refractivity contribution in [3.63, 3.8) is 0 Å². The molecule has 32 heavy (non-hydrogen) atoms. The number of morpholine rings is 1. The molecule has 3 rings (SSSR count). The molecule has 1 saturated heterocycles. The SMILES string of the molecule is CCOc1ccc(NC(=O)c2ccc(N3CCOCC3)cc2)cc1S(=O)(=O)N(CC)CC. The normalized spacial score (nSPS) is 14.4. The predicted octanol–water partition coefficient (Wildman–Crippen LogP) is 3.20. The first-order valence-corrected chi connectivity index (χ1v) is 12.4. The van der Waals surface area contributed by atoms with Crippen molar-refractivity contribution in [2.75, 3.05) is 56.2 Å². The van der Waals surface area contributed by atoms with Gasteiger partial charge in [-0.05, 0) is 49.4 Å². The van der Waals surface area contributed by atoms with Gasteiger partial charge < -0.3 is 19.7 Å². The van der Waals surface area contributed by atoms with Gasteiger partial charge in [0.25, 0.3) is 5.91 Å². The highest BCUT2D eigenvalue weighted by atomic mass is 32.2. The Morgan fingerprint density at radius 2 is 1.72 bits per heavy atom. The molecular weight excluding hydrogens is 430 g/mol. The second-order valence-corrected chi connectivity index (χ2v) is 9.19. The van der Waals surface area contributed by atoms with Crippen LogP contribution in [0.3, 0.4) is 0 Å². The second-order valence-electron chi connectivity index (χ2n) is 7.28. The van der Waals surface area contributed by atoms with Gasteiger partial charge in [-0.3, -0.25) is 4.79 Å². The Hall–Kier alpha value is -2.62. The Kier molecular flexibility index (Phi) is 8.11. The van der Waals surface area contributed by atoms with Crippen molar-refractivity contribution < 1.29 is 22.7 Å². The molecule has 0 spiro atoms. The van der Waals surface area contributed by atoms with E-state index in [-0.39, 0.29) is 16.6 Å². The van der Waals surface area contributed by atoms with Crippen molar-refractivity contribution in [2.45, 2.75) is 25.7 Å². The molecule has 0 atom stereocenters. The fourth-order valence-corrected chi connectivity index (χ4v) is 5.23. The van der Waals surface area contributed by atoms with E-state index in [1.54, 1.807) is 45.0 Å². The Morgan fingerprint density at radius 3 is 2.31 bits per heavy atom. The lowest BCUT2D eigenvalue weighted by molar-refractivity contribution is 0.102. The Balaban J connectivity index is 1.81. The molecule has 8 nitrogen and oxygen atoms in total. The van der Waals surface area contributed by atoms with Crippen LogP contribution in [0.4, 0.5) is 11.4 Å². The molecule has 0 unspecified atom stereocenters. The van der Waals surface area contributed by atoms with E-state index < -0.39 is 10.0 Å². The highest BCUT2D eigenvalue weighted by molar-refractivity contribution is 7.89. The highest BCUT2D eigenvalue weighted by Crippen LogP contribution is 2.30. The van der Waals surface area contributed by atoms with Crippen LogP contribution in [0.15, 0.2) is 47.4 Å². The number of anilines is 2. The van der Waals surface area contributed by atoms with Crippen LogP contribution in [-0.2, 0) is 14.8 Å². The molecule has 0 aliphatic carbocycles. The van der Waals surface area contributed by atoms with Crippen LogP contribution >= 0.6 is 0 Å². The number of carbonyl (C=O) groups excluding carboxylic acids is 1. The van der Waals surface area contributed by atoms with Gasteiger partial charge in [0, 0.05) is 43.1 Å². The summed E-state index contributed by atoms with van der Waals surface area (Å²) >= 11 is 0. The van der Waals surface area contributed by atoms with E-state index in [4.69, 9.17) is 9.47 Å². The van der Waals surface area contributed by atoms with Gasteiger partial charge in [0.15, 0.2) is 0 Å². The molecule has 9 heteroatoms. The Labute approximate surface area is 190 Å². The lowest BCUT2D eigenvalue weighted by atomic mass is 10.1. The third-order valence-electron chi connectivity index (χ3n) is 5.33. The maximum absolute atomic E-state index is 13.1. The first-order valence-electron chi connectivity index (χ1n) is 10.9. The molecule has 1 heterocycles. The predicted molar refractivity (Wildman–Crippen MR) is 125 cm³/mol. The first-order chi connectivity index (χ1) is 15.4. The summed E-state index contributed by atoms with van der Waals surface area (Å²) in [6, 6.07) is 12.0. The van der Waals surface area contributed by atoms with E-state index in [0.717, 1.165) is 18.8 Å². The standard InChI is InChI=1S/C23H31N3O5S/c1-4-26(5-2)32(28,29)22-17-19(9-12-21(22)31-6-3)24-23(27)18-7-10-20(11-8-18)25-13-15-30-16-14-25/h7-12,17H,4-6,13-16H2,1-3H3,(H,24,27). The summed E-state index contributed by atoms with van der Waals surface area (Å²) in [5.74, 6) is -0.0406. The summed E-state index contributed by atoms with van der Waals surface area (Å²) in [6.45, 7) is 9.42. The summed E-state index contributed by atoms with van der Waals surface area (Å²) in [5, 5.41) is 2.80. The largest absolute Gasteiger partial charge is 0.492 e. The lowest BCUT2D eigenvalue weighted by Gasteiger charge is -2.28. The van der Waals surface area contributed by atoms with Crippen LogP contribution in [0.5, 0.6) is 5.75 Å². The number of ether oxygens (including phenoxy) is 2. The lowest BCUT2D eigenvalue weighted by Crippen LogP contribution is -2.36. The Morgan fingerprint density at radius 1 is 1.06 bits per heavy atom. The molecule has 0 saturated carbocycles. The molecule has 1 fully saturated rings. The molecule has 1 N–H and O–H groups in total. The molecule has 174 valence electrons. The van der Waals surface area contributed by atoms with E-state index in [0.29, 0.717) is 44.2 Å². The fourth-order valence-electron chi connectivity index (χ4n) is 3.61. The average Bonchev–Trinajstić information content (AvgIpc) is 2.81. The average molecular weight is 462 g/mol. The first kappa shape index (κ1) is 24.0. The van der Waals surface area contributed by atoms with Crippen molar-refractivity contribution >= 4 is 27.3 Å². The van der Waals surface area contributed by atoms with Crippen molar-refractivity contribution in [2.24, 2.45) is 0 Å². The smallest absolute Gasteiger partial charge is 0.255 e. The van der Waals surface area contributed by atoms with Gasteiger partial charge in [0.1, 0.15) is 10.6 Å². The van der Waals surface area contributed by atoms with Crippen LogP contribution in [0.1, 0.15) is 31.1 Å². The molecule has 1 aliphatic heterocycles. The Bertz CT molecular complexity index is 1010. The number of nitrogens with one attached hydrogen (secondary N) is 1. The zero-order chi connectivity index (χ0) is 23.1. The van der Waals surface area contributed by atoms with Crippen LogP contribution < -0.4 is 15.0 Å². The quantitative estimate of drug-likeness (QED) is 0.617. The van der Waals surface area contributed by atoms with Crippen molar-refractivity contribution in [1.82, 2.24) is 4.31 Å². The number of sulfonamides is 1. The number of benzene rings is 2. The van der Waals surface area contributed by atoms with E-state index in [1.165, 1.54) is 10.4 Å². The molecule has 2 aromatic rings. The van der Waals surface area contributed by atoms with Gasteiger partial charge in [0.2, 0.25) is 10.0 Å². The fraction of sp³-hybridized carbons (Fsp3) is 0.435. The third-order valence-corrected chi connectivity index (χ3v) is 7.40. The van der Waals surface area contributed by atoms with E-state index in [9.17, 15) is 13.2 Å². The summed E-state index contributed by atoms with van der Waals surface area (Å²) in [7, 11) is -3.75. The number of amides is 1. The molecule has 0 aromatic heterocycles. The van der Waals surface area contributed by atoms with E-state index in [1.807, 2.05) is 12.1 Å². The number of rotatable bonds is 9. The van der Waals surface area contributed by atoms with Gasteiger partial charge in [0.05, 0.1) is 19.8 Å². The van der Waals surface area contributed by atoms with Gasteiger partial charge in [-0.2, -0.15) is 4.31 Å². The minimum atomic E-state index is -3.75. The second kappa shape index (κ2) is 10.8. The van der Waals surface area contributed by atoms with Gasteiger partial charge in [-0.15, -0.1) is 0 Å². The number of hydrogen-bond acceptors (Lipinski definition) is 6. The number of carbonyl (C=O) groups is 1. The molecule has 2 aromatic carbocycles. The zero-order valence-corrected chi connectivity index (χ0v) is 19.7. The zero-order valence-electron chi connectivity index (χ0n) is 18.8. The molecule has 1 aliphatic rings. The maximum atomic E-state index is 13.1. The number of nitrogens with zero attached hydrogens (tertiary/aromatic N) is 2. The van der Waals surface area contributed by atoms with Gasteiger partial charge in [-0.25, -0.2) is 8.42 Å². The molecule has 0 radical (unpaired) electrons. The highest BCUT2D eigenvalue weighted by Gasteiger charge is 2.26. The topological polar surface area (TPSA) is 88.2 Å². The maximum Gasteiger partial charge on any atom is 0.255 e. The monoisotopic (exact) mass is 461 g/mol.